The van der Waals surface area contributed by atoms with E-state index in [0.29, 0.717) is 9.42 Å². The van der Waals surface area contributed by atoms with E-state index in [1.165, 1.54) is 11.8 Å². The Morgan fingerprint density at radius 3 is 2.42 bits per heavy atom. The lowest BCUT2D eigenvalue weighted by Crippen LogP contribution is -2.00. The molecule has 2 rings (SSSR count). The van der Waals surface area contributed by atoms with E-state index in [1.807, 2.05) is 10.8 Å². The van der Waals surface area contributed by atoms with Gasteiger partial charge in [0.05, 0.1) is 16.3 Å². The number of thioether (sulfide) groups is 2. The summed E-state index contributed by atoms with van der Waals surface area (Å²) in [6.45, 7) is 5.83. The van der Waals surface area contributed by atoms with Crippen LogP contribution in [0.1, 0.15) is 32.4 Å². The molecule has 4 nitrogen and oxygen atoms in total. The molecule has 0 fully saturated rings. The summed E-state index contributed by atoms with van der Waals surface area (Å²) >= 11 is 4.01. The Hall–Kier alpha value is -0.920. The summed E-state index contributed by atoms with van der Waals surface area (Å²) < 4.78 is 0.360. The van der Waals surface area contributed by atoms with Crippen LogP contribution in [0.4, 0.5) is 0 Å². The van der Waals surface area contributed by atoms with Crippen molar-refractivity contribution in [1.29, 1.82) is 10.8 Å². The molecule has 0 atom stereocenters. The van der Waals surface area contributed by atoms with Crippen LogP contribution in [0.5, 0.6) is 0 Å². The van der Waals surface area contributed by atoms with Crippen molar-refractivity contribution in [2.75, 3.05) is 0 Å². The number of fused-ring (bicyclic) bond motifs is 1. The summed E-state index contributed by atoms with van der Waals surface area (Å²) in [6.07, 6.45) is 0. The third-order valence-corrected chi connectivity index (χ3v) is 4.68. The number of hydrogen-bond donors (Lipinski definition) is 2. The Morgan fingerprint density at radius 2 is 1.84 bits per heavy atom. The normalized spacial score (nSPS) is 11.2. The molecule has 0 aliphatic carbocycles. The molecule has 0 aliphatic heterocycles. The van der Waals surface area contributed by atoms with Gasteiger partial charge in [0, 0.05) is 10.8 Å². The average molecular weight is 310 g/mol. The molecule has 19 heavy (non-hydrogen) atoms. The van der Waals surface area contributed by atoms with E-state index in [1.54, 1.807) is 18.3 Å². The first-order chi connectivity index (χ1) is 8.97. The zero-order valence-electron chi connectivity index (χ0n) is 10.9. The van der Waals surface area contributed by atoms with Crippen LogP contribution in [-0.2, 0) is 0 Å². The van der Waals surface area contributed by atoms with Crippen LogP contribution in [-0.4, -0.2) is 19.4 Å². The van der Waals surface area contributed by atoms with E-state index in [0.717, 1.165) is 33.5 Å². The van der Waals surface area contributed by atoms with Gasteiger partial charge in [0.25, 0.3) is 0 Å². The molecule has 7 heteroatoms. The molecule has 2 heterocycles. The van der Waals surface area contributed by atoms with E-state index in [9.17, 15) is 0 Å². The molecule has 0 radical (unpaired) electrons. The van der Waals surface area contributed by atoms with Crippen LogP contribution in [0.2, 0.25) is 0 Å². The van der Waals surface area contributed by atoms with E-state index >= 15 is 0 Å². The molecule has 2 aromatic rings. The summed E-state index contributed by atoms with van der Waals surface area (Å²) in [5.41, 5.74) is 2.71. The number of hydrogen-bond acceptors (Lipinski definition) is 7. The molecule has 0 amide bonds. The third-order valence-electron chi connectivity index (χ3n) is 2.29. The van der Waals surface area contributed by atoms with Crippen LogP contribution >= 0.6 is 34.9 Å². The van der Waals surface area contributed by atoms with Gasteiger partial charge in [-0.1, -0.05) is 13.8 Å². The number of aromatic nitrogens is 2. The van der Waals surface area contributed by atoms with Gasteiger partial charge in [-0.3, -0.25) is 10.8 Å². The summed E-state index contributed by atoms with van der Waals surface area (Å²) in [5, 5.41) is 20.4. The third kappa shape index (κ3) is 3.55. The maximum Gasteiger partial charge on any atom is 0.134 e. The fourth-order valence-corrected chi connectivity index (χ4v) is 3.93. The summed E-state index contributed by atoms with van der Waals surface area (Å²) in [6, 6.07) is 0. The Balaban J connectivity index is 2.36. The minimum absolute atomic E-state index is 0.262. The molecule has 0 saturated carbocycles. The quantitative estimate of drug-likeness (QED) is 0.484. The lowest BCUT2D eigenvalue weighted by Gasteiger charge is -2.10. The molecule has 2 aromatic heterocycles. The molecule has 2 N–H and O–H groups in total. The highest BCUT2D eigenvalue weighted by molar-refractivity contribution is 8.44. The van der Waals surface area contributed by atoms with Crippen molar-refractivity contribution in [3.63, 3.8) is 0 Å². The first kappa shape index (κ1) is 14.5. The second-order valence-corrected chi connectivity index (χ2v) is 7.48. The molecule has 0 unspecified atom stereocenters. The maximum absolute atomic E-state index is 7.89. The van der Waals surface area contributed by atoms with Crippen LogP contribution in [0.3, 0.4) is 0 Å². The fourth-order valence-electron chi connectivity index (χ4n) is 1.49. The second kappa shape index (κ2) is 6.02. The Kier molecular flexibility index (Phi) is 4.59. The van der Waals surface area contributed by atoms with Gasteiger partial charge in [0.1, 0.15) is 14.9 Å². The largest absolute Gasteiger partial charge is 0.298 e. The van der Waals surface area contributed by atoms with Crippen molar-refractivity contribution in [2.24, 2.45) is 0 Å². The molecule has 0 saturated heterocycles. The topological polar surface area (TPSA) is 73.5 Å². The van der Waals surface area contributed by atoms with Crippen molar-refractivity contribution in [2.45, 2.75) is 31.7 Å². The van der Waals surface area contributed by atoms with E-state index in [-0.39, 0.29) is 5.92 Å². The van der Waals surface area contributed by atoms with Gasteiger partial charge < -0.3 is 0 Å². The monoisotopic (exact) mass is 310 g/mol. The highest BCUT2D eigenvalue weighted by Gasteiger charge is 2.15. The first-order valence-electron chi connectivity index (χ1n) is 5.70. The summed E-state index contributed by atoms with van der Waals surface area (Å²) in [5.74, 6) is 0.262. The van der Waals surface area contributed by atoms with Gasteiger partial charge in [-0.05, 0) is 36.4 Å². The van der Waals surface area contributed by atoms with Gasteiger partial charge in [-0.2, -0.15) is 0 Å². The smallest absolute Gasteiger partial charge is 0.134 e. The van der Waals surface area contributed by atoms with Crippen molar-refractivity contribution in [3.8, 4) is 0 Å². The lowest BCUT2D eigenvalue weighted by atomic mass is 10.1. The summed E-state index contributed by atoms with van der Waals surface area (Å²) in [7, 11) is 0. The van der Waals surface area contributed by atoms with Crippen LogP contribution < -0.4 is 0 Å². The van der Waals surface area contributed by atoms with E-state index < -0.39 is 0 Å². The van der Waals surface area contributed by atoms with Crippen molar-refractivity contribution < 1.29 is 0 Å². The molecule has 0 aromatic carbocycles. The predicted molar refractivity (Wildman–Crippen MR) is 86.1 cm³/mol. The zero-order valence-corrected chi connectivity index (χ0v) is 13.3. The molecule has 100 valence electrons. The maximum atomic E-state index is 7.89. The van der Waals surface area contributed by atoms with Crippen molar-refractivity contribution in [1.82, 2.24) is 9.97 Å². The van der Waals surface area contributed by atoms with Gasteiger partial charge in [-0.25, -0.2) is 9.97 Å². The zero-order chi connectivity index (χ0) is 14.0. The first-order valence-corrected chi connectivity index (χ1v) is 8.28. The Labute approximate surface area is 124 Å². The Morgan fingerprint density at radius 1 is 1.21 bits per heavy atom. The molecular formula is C12H14N4S3. The van der Waals surface area contributed by atoms with Gasteiger partial charge in [0.2, 0.25) is 0 Å². The van der Waals surface area contributed by atoms with Gasteiger partial charge >= 0.3 is 0 Å². The molecule has 0 bridgehead atoms. The highest BCUT2D eigenvalue weighted by atomic mass is 32.2. The van der Waals surface area contributed by atoms with E-state index in [2.05, 4.69) is 23.8 Å². The van der Waals surface area contributed by atoms with Crippen LogP contribution in [0, 0.1) is 10.8 Å². The van der Waals surface area contributed by atoms with Crippen LogP contribution in [0.15, 0.2) is 15.8 Å². The number of nitrogens with one attached hydrogen (secondary N) is 2. The average Bonchev–Trinajstić information content (AvgIpc) is 2.73. The second-order valence-electron chi connectivity index (χ2n) is 4.26. The fraction of sp³-hybridized carbons (Fsp3) is 0.333. The van der Waals surface area contributed by atoms with Gasteiger partial charge in [0.15, 0.2) is 0 Å². The molecular weight excluding hydrogens is 296 g/mol. The number of rotatable bonds is 2. The minimum atomic E-state index is 0.262. The Bertz CT molecular complexity index is 633. The van der Waals surface area contributed by atoms with Gasteiger partial charge in [-0.15, -0.1) is 11.3 Å². The number of nitrogens with zero attached hydrogens (tertiary/aromatic N) is 2. The number of thiophene rings is 1. The molecule has 0 aliphatic rings. The summed E-state index contributed by atoms with van der Waals surface area (Å²) in [4.78, 5) is 9.22. The lowest BCUT2D eigenvalue weighted by molar-refractivity contribution is 0.784. The van der Waals surface area contributed by atoms with E-state index in [4.69, 9.17) is 10.8 Å². The van der Waals surface area contributed by atoms with Crippen molar-refractivity contribution in [3.05, 3.63) is 16.5 Å². The SMILES string of the molecule is CC(=N)SC(=N)Sc1nc2cscc2nc1C(C)C. The highest BCUT2D eigenvalue weighted by Crippen LogP contribution is 2.31. The van der Waals surface area contributed by atoms with Crippen molar-refractivity contribution >= 4 is 55.3 Å². The minimum Gasteiger partial charge on any atom is -0.298 e. The van der Waals surface area contributed by atoms with Crippen LogP contribution in [0.25, 0.3) is 11.0 Å². The predicted octanol–water partition coefficient (Wildman–Crippen LogP) is 4.57. The standard InChI is InChI=1S/C12H14N4S3/c1-6(2)10-11(19-12(14)18-7(3)13)16-9-5-17-4-8(9)15-10/h4-6,13-14H,1-3H3. The molecule has 0 spiro atoms.